The molecule has 0 atom stereocenters. The van der Waals surface area contributed by atoms with Crippen LogP contribution in [0.1, 0.15) is 22.5 Å². The number of aromatic nitrogens is 3. The molecule has 158 valence electrons. The van der Waals surface area contributed by atoms with Crippen molar-refractivity contribution in [3.8, 4) is 11.4 Å². The molecule has 0 unspecified atom stereocenters. The number of hydrogen-bond donors (Lipinski definition) is 1. The second kappa shape index (κ2) is 8.52. The van der Waals surface area contributed by atoms with Crippen molar-refractivity contribution in [2.45, 2.75) is 27.3 Å². The van der Waals surface area contributed by atoms with E-state index in [0.29, 0.717) is 12.5 Å². The van der Waals surface area contributed by atoms with Crippen molar-refractivity contribution < 1.29 is 4.74 Å². The van der Waals surface area contributed by atoms with Crippen LogP contribution in [0.15, 0.2) is 71.7 Å². The van der Waals surface area contributed by atoms with Crippen molar-refractivity contribution in [2.24, 2.45) is 0 Å². The molecular weight excluding hydrogens is 388 g/mol. The Bertz CT molecular complexity index is 1250. The Hall–Kier alpha value is -3.80. The van der Waals surface area contributed by atoms with Crippen LogP contribution in [-0.2, 0) is 6.54 Å². The van der Waals surface area contributed by atoms with Crippen molar-refractivity contribution in [3.05, 3.63) is 99.7 Å². The van der Waals surface area contributed by atoms with Crippen LogP contribution < -0.4 is 15.6 Å². The molecule has 0 aliphatic rings. The highest BCUT2D eigenvalue weighted by atomic mass is 16.5. The third kappa shape index (κ3) is 4.23. The predicted octanol–water partition coefficient (Wildman–Crippen LogP) is 4.76. The van der Waals surface area contributed by atoms with Crippen molar-refractivity contribution >= 4 is 11.6 Å². The van der Waals surface area contributed by atoms with Gasteiger partial charge in [-0.1, -0.05) is 36.4 Å². The van der Waals surface area contributed by atoms with E-state index < -0.39 is 5.56 Å². The monoisotopic (exact) mass is 414 g/mol. The molecule has 0 bridgehead atoms. The number of benzene rings is 2. The van der Waals surface area contributed by atoms with Crippen LogP contribution in [0.5, 0.6) is 5.75 Å². The van der Waals surface area contributed by atoms with Gasteiger partial charge in [0.15, 0.2) is 0 Å². The topological polar surface area (TPSA) is 61.1 Å². The zero-order valence-corrected chi connectivity index (χ0v) is 18.2. The standard InChI is InChI=1S/C25H26N4O2/c1-17-10-13-21(29-18(2)11-12-19(29)3)14-22(17)26-25-27-24(30)23(31-4)16-28(25)15-20-8-6-5-7-9-20/h5-14,16H,15H2,1-4H3,(H,26,27,30). The first-order valence-electron chi connectivity index (χ1n) is 10.2. The lowest BCUT2D eigenvalue weighted by Crippen LogP contribution is -2.19. The highest BCUT2D eigenvalue weighted by Crippen LogP contribution is 2.25. The minimum atomic E-state index is -0.403. The number of nitrogens with one attached hydrogen (secondary N) is 1. The van der Waals surface area contributed by atoms with Crippen LogP contribution in [0, 0.1) is 20.8 Å². The van der Waals surface area contributed by atoms with Crippen LogP contribution >= 0.6 is 0 Å². The maximum absolute atomic E-state index is 12.4. The highest BCUT2D eigenvalue weighted by Gasteiger charge is 2.12. The summed E-state index contributed by atoms with van der Waals surface area (Å²) in [6.07, 6.45) is 1.70. The largest absolute Gasteiger partial charge is 0.490 e. The van der Waals surface area contributed by atoms with Crippen LogP contribution in [0.25, 0.3) is 5.69 Å². The number of hydrogen-bond acceptors (Lipinski definition) is 4. The molecule has 1 N–H and O–H groups in total. The lowest BCUT2D eigenvalue weighted by atomic mass is 10.1. The Balaban J connectivity index is 1.76. The fourth-order valence-corrected chi connectivity index (χ4v) is 3.69. The Labute approximate surface area is 181 Å². The third-order valence-electron chi connectivity index (χ3n) is 5.38. The summed E-state index contributed by atoms with van der Waals surface area (Å²) < 4.78 is 9.31. The SMILES string of the molecule is COc1cn(Cc2ccccc2)c(Nc2cc(-n3c(C)ccc3C)ccc2C)nc1=O. The molecule has 4 rings (SSSR count). The molecule has 0 aliphatic carbocycles. The number of anilines is 2. The molecule has 0 amide bonds. The van der Waals surface area contributed by atoms with E-state index in [9.17, 15) is 4.79 Å². The van der Waals surface area contributed by atoms with Gasteiger partial charge in [0.1, 0.15) is 0 Å². The molecule has 0 saturated carbocycles. The number of ether oxygens (including phenoxy) is 1. The zero-order valence-electron chi connectivity index (χ0n) is 18.2. The van der Waals surface area contributed by atoms with Gasteiger partial charge in [-0.05, 0) is 56.2 Å². The summed E-state index contributed by atoms with van der Waals surface area (Å²) in [5.41, 5.74) is 6.03. The van der Waals surface area contributed by atoms with E-state index in [-0.39, 0.29) is 5.75 Å². The van der Waals surface area contributed by atoms with Gasteiger partial charge >= 0.3 is 5.56 Å². The average Bonchev–Trinajstić information content (AvgIpc) is 3.10. The quantitative estimate of drug-likeness (QED) is 0.494. The normalized spacial score (nSPS) is 10.8. The van der Waals surface area contributed by atoms with E-state index in [1.807, 2.05) is 41.8 Å². The minimum absolute atomic E-state index is 0.213. The summed E-state index contributed by atoms with van der Waals surface area (Å²) in [4.78, 5) is 16.7. The van der Waals surface area contributed by atoms with Crippen molar-refractivity contribution in [2.75, 3.05) is 12.4 Å². The summed E-state index contributed by atoms with van der Waals surface area (Å²) in [6, 6.07) is 20.5. The first-order chi connectivity index (χ1) is 15.0. The summed E-state index contributed by atoms with van der Waals surface area (Å²) >= 11 is 0. The Kier molecular flexibility index (Phi) is 5.62. The van der Waals surface area contributed by atoms with Gasteiger partial charge in [0.05, 0.1) is 19.9 Å². The molecule has 4 aromatic rings. The lowest BCUT2D eigenvalue weighted by molar-refractivity contribution is 0.402. The molecule has 2 aromatic carbocycles. The molecule has 6 nitrogen and oxygen atoms in total. The molecule has 0 spiro atoms. The number of methoxy groups -OCH3 is 1. The van der Waals surface area contributed by atoms with E-state index in [0.717, 1.165) is 33.9 Å². The highest BCUT2D eigenvalue weighted by molar-refractivity contribution is 5.63. The van der Waals surface area contributed by atoms with Gasteiger partial charge in [0, 0.05) is 22.8 Å². The second-order valence-corrected chi connectivity index (χ2v) is 7.63. The summed E-state index contributed by atoms with van der Waals surface area (Å²) in [7, 11) is 1.48. The van der Waals surface area contributed by atoms with Gasteiger partial charge < -0.3 is 19.2 Å². The molecular formula is C25H26N4O2. The summed E-state index contributed by atoms with van der Waals surface area (Å²) in [5, 5.41) is 3.38. The third-order valence-corrected chi connectivity index (χ3v) is 5.38. The number of nitrogens with zero attached hydrogens (tertiary/aromatic N) is 3. The maximum atomic E-state index is 12.4. The fourth-order valence-electron chi connectivity index (χ4n) is 3.69. The lowest BCUT2D eigenvalue weighted by Gasteiger charge is -2.18. The van der Waals surface area contributed by atoms with Gasteiger partial charge in [0.2, 0.25) is 11.7 Å². The van der Waals surface area contributed by atoms with Crippen molar-refractivity contribution in [1.29, 1.82) is 0 Å². The Morgan fingerprint density at radius 2 is 1.68 bits per heavy atom. The van der Waals surface area contributed by atoms with Gasteiger partial charge in [-0.3, -0.25) is 4.79 Å². The molecule has 31 heavy (non-hydrogen) atoms. The second-order valence-electron chi connectivity index (χ2n) is 7.63. The number of aryl methyl sites for hydroxylation is 3. The predicted molar refractivity (Wildman–Crippen MR) is 124 cm³/mol. The molecule has 2 aromatic heterocycles. The summed E-state index contributed by atoms with van der Waals surface area (Å²) in [5.74, 6) is 0.682. The maximum Gasteiger partial charge on any atom is 0.316 e. The van der Waals surface area contributed by atoms with E-state index in [1.54, 1.807) is 6.20 Å². The van der Waals surface area contributed by atoms with E-state index in [1.165, 1.54) is 7.11 Å². The molecule has 0 aliphatic heterocycles. The van der Waals surface area contributed by atoms with Crippen LogP contribution in [0.2, 0.25) is 0 Å². The van der Waals surface area contributed by atoms with Crippen molar-refractivity contribution in [1.82, 2.24) is 14.1 Å². The molecule has 0 fully saturated rings. The van der Waals surface area contributed by atoms with Crippen LogP contribution in [-0.4, -0.2) is 21.2 Å². The molecule has 6 heteroatoms. The molecule has 0 radical (unpaired) electrons. The molecule has 2 heterocycles. The van der Waals surface area contributed by atoms with Crippen LogP contribution in [0.3, 0.4) is 0 Å². The minimum Gasteiger partial charge on any atom is -0.490 e. The smallest absolute Gasteiger partial charge is 0.316 e. The van der Waals surface area contributed by atoms with Crippen LogP contribution in [0.4, 0.5) is 11.6 Å². The van der Waals surface area contributed by atoms with Gasteiger partial charge in [-0.25, -0.2) is 0 Å². The molecule has 0 saturated heterocycles. The average molecular weight is 415 g/mol. The summed E-state index contributed by atoms with van der Waals surface area (Å²) in [6.45, 7) is 6.76. The van der Waals surface area contributed by atoms with E-state index in [4.69, 9.17) is 4.74 Å². The van der Waals surface area contributed by atoms with E-state index >= 15 is 0 Å². The number of rotatable bonds is 6. The fraction of sp³-hybridized carbons (Fsp3) is 0.200. The Morgan fingerprint density at radius 3 is 2.35 bits per heavy atom. The van der Waals surface area contributed by atoms with Gasteiger partial charge in [0.25, 0.3) is 0 Å². The zero-order chi connectivity index (χ0) is 22.0. The first kappa shape index (κ1) is 20.5. The first-order valence-corrected chi connectivity index (χ1v) is 10.2. The van der Waals surface area contributed by atoms with Gasteiger partial charge in [-0.2, -0.15) is 4.98 Å². The van der Waals surface area contributed by atoms with Crippen molar-refractivity contribution in [3.63, 3.8) is 0 Å². The Morgan fingerprint density at radius 1 is 0.968 bits per heavy atom. The van der Waals surface area contributed by atoms with Gasteiger partial charge in [-0.15, -0.1) is 0 Å². The van der Waals surface area contributed by atoms with E-state index in [2.05, 4.69) is 59.0 Å².